The molecule has 0 atom stereocenters. The molecule has 0 amide bonds. The first-order valence-corrected chi connectivity index (χ1v) is 9.46. The van der Waals surface area contributed by atoms with E-state index in [1.807, 2.05) is 12.1 Å². The molecule has 2 aromatic carbocycles. The Morgan fingerprint density at radius 3 is 2.64 bits per heavy atom. The molecule has 146 valence electrons. The average molecular weight is 382 g/mol. The minimum atomic E-state index is -0.197. The maximum Gasteiger partial charge on any atom is 0.231 e. The van der Waals surface area contributed by atoms with Crippen molar-refractivity contribution in [1.82, 2.24) is 0 Å². The van der Waals surface area contributed by atoms with Crippen molar-refractivity contribution >= 4 is 11.9 Å². The van der Waals surface area contributed by atoms with Gasteiger partial charge in [-0.1, -0.05) is 12.1 Å². The number of rotatable bonds is 5. The van der Waals surface area contributed by atoms with E-state index in [1.54, 1.807) is 38.5 Å². The van der Waals surface area contributed by atoms with Gasteiger partial charge >= 0.3 is 0 Å². The highest BCUT2D eigenvalue weighted by Gasteiger charge is 2.33. The summed E-state index contributed by atoms with van der Waals surface area (Å²) in [5, 5.41) is 10.4. The highest BCUT2D eigenvalue weighted by molar-refractivity contribution is 6.15. The molecule has 2 aliphatic heterocycles. The molecule has 0 radical (unpaired) electrons. The number of allylic oxidation sites excluding steroid dienone is 1. The highest BCUT2D eigenvalue weighted by atomic mass is 16.5. The summed E-state index contributed by atoms with van der Waals surface area (Å²) < 4.78 is 16.7. The van der Waals surface area contributed by atoms with E-state index in [4.69, 9.17) is 14.2 Å². The summed E-state index contributed by atoms with van der Waals surface area (Å²) in [6, 6.07) is 8.66. The molecule has 0 aliphatic carbocycles. The van der Waals surface area contributed by atoms with Crippen molar-refractivity contribution in [3.63, 3.8) is 0 Å². The van der Waals surface area contributed by atoms with Crippen LogP contribution in [0.15, 0.2) is 36.1 Å². The number of hydrogen-bond donors (Lipinski definition) is 2. The van der Waals surface area contributed by atoms with Crippen LogP contribution in [0.25, 0.3) is 6.08 Å². The second kappa shape index (κ2) is 7.56. The molecule has 2 heterocycles. The summed E-state index contributed by atoms with van der Waals surface area (Å²) in [7, 11) is 3.12. The van der Waals surface area contributed by atoms with Crippen molar-refractivity contribution in [2.24, 2.45) is 0 Å². The molecular weight excluding hydrogens is 358 g/mol. The van der Waals surface area contributed by atoms with E-state index in [0.717, 1.165) is 13.1 Å². The van der Waals surface area contributed by atoms with Crippen molar-refractivity contribution in [2.45, 2.75) is 19.4 Å². The number of ether oxygens (including phenoxy) is 3. The summed E-state index contributed by atoms with van der Waals surface area (Å²) in [6.07, 6.45) is 4.03. The van der Waals surface area contributed by atoms with E-state index in [0.29, 0.717) is 40.5 Å². The zero-order valence-corrected chi connectivity index (χ0v) is 16.1. The number of carbonyl (C=O) groups excluding carboxylic acids is 1. The lowest BCUT2D eigenvalue weighted by Gasteiger charge is -2.15. The predicted molar refractivity (Wildman–Crippen MR) is 104 cm³/mol. The van der Waals surface area contributed by atoms with Gasteiger partial charge in [0.15, 0.2) is 23.0 Å². The lowest BCUT2D eigenvalue weighted by molar-refractivity contribution is -0.901. The summed E-state index contributed by atoms with van der Waals surface area (Å²) in [5.41, 5.74) is 1.87. The van der Waals surface area contributed by atoms with E-state index in [2.05, 4.69) is 0 Å². The van der Waals surface area contributed by atoms with E-state index in [1.165, 1.54) is 17.7 Å². The lowest BCUT2D eigenvalue weighted by Crippen LogP contribution is -3.08. The topological polar surface area (TPSA) is 69.4 Å². The molecule has 2 aromatic rings. The fraction of sp³-hybridized carbons (Fsp3) is 0.318. The van der Waals surface area contributed by atoms with Gasteiger partial charge in [0, 0.05) is 18.4 Å². The number of carbonyl (C=O) groups is 1. The van der Waals surface area contributed by atoms with Gasteiger partial charge < -0.3 is 24.2 Å². The van der Waals surface area contributed by atoms with Crippen LogP contribution >= 0.6 is 0 Å². The number of Topliss-reactive ketones (excluding diaryl/α,β-unsaturated/α-hetero) is 1. The highest BCUT2D eigenvalue weighted by Crippen LogP contribution is 2.40. The molecule has 4 rings (SSSR count). The van der Waals surface area contributed by atoms with Crippen molar-refractivity contribution in [3.8, 4) is 23.0 Å². The van der Waals surface area contributed by atoms with Gasteiger partial charge in [0.1, 0.15) is 12.3 Å². The van der Waals surface area contributed by atoms with Crippen LogP contribution in [0, 0.1) is 0 Å². The SMILES string of the molecule is COc1cccc(/C=C2/Oc3c(ccc(O)c3C[NH+]3CCCC3)C2=O)c1OC. The standard InChI is InChI=1S/C22H23NO5/c1-26-18-7-5-6-14(21(18)27-2)12-19-20(25)15-8-9-17(24)16(22(15)28-19)13-23-10-3-4-11-23/h5-9,12,24H,3-4,10-11,13H2,1-2H3/p+1/b19-12+. The number of para-hydroxylation sites is 1. The molecule has 1 fully saturated rings. The van der Waals surface area contributed by atoms with Gasteiger partial charge in [-0.25, -0.2) is 0 Å². The normalized spacial score (nSPS) is 17.6. The van der Waals surface area contributed by atoms with Crippen LogP contribution in [0.4, 0.5) is 0 Å². The monoisotopic (exact) mass is 382 g/mol. The summed E-state index contributed by atoms with van der Waals surface area (Å²) in [6.45, 7) is 2.79. The van der Waals surface area contributed by atoms with Crippen LogP contribution in [0.5, 0.6) is 23.0 Å². The fourth-order valence-corrected chi connectivity index (χ4v) is 3.94. The summed E-state index contributed by atoms with van der Waals surface area (Å²) in [5.74, 6) is 1.77. The van der Waals surface area contributed by atoms with Gasteiger partial charge in [0.25, 0.3) is 0 Å². The Morgan fingerprint density at radius 1 is 1.14 bits per heavy atom. The van der Waals surface area contributed by atoms with Gasteiger partial charge in [-0.3, -0.25) is 4.79 Å². The molecule has 0 unspecified atom stereocenters. The number of quaternary nitrogens is 1. The quantitative estimate of drug-likeness (QED) is 0.776. The Bertz CT molecular complexity index is 944. The fourth-order valence-electron chi connectivity index (χ4n) is 3.94. The summed E-state index contributed by atoms with van der Waals surface area (Å²) >= 11 is 0. The molecular formula is C22H24NO5+. The molecule has 6 heteroatoms. The number of benzene rings is 2. The number of ketones is 1. The molecule has 0 bridgehead atoms. The third-order valence-electron chi connectivity index (χ3n) is 5.37. The number of likely N-dealkylation sites (tertiary alicyclic amines) is 1. The maximum atomic E-state index is 12.9. The van der Waals surface area contributed by atoms with Crippen LogP contribution < -0.4 is 19.1 Å². The van der Waals surface area contributed by atoms with Gasteiger partial charge in [-0.15, -0.1) is 0 Å². The number of fused-ring (bicyclic) bond motifs is 1. The molecule has 6 nitrogen and oxygen atoms in total. The number of nitrogens with one attached hydrogen (secondary N) is 1. The number of methoxy groups -OCH3 is 2. The number of phenols is 1. The van der Waals surface area contributed by atoms with Crippen molar-refractivity contribution in [3.05, 3.63) is 52.8 Å². The third-order valence-corrected chi connectivity index (χ3v) is 5.37. The largest absolute Gasteiger partial charge is 0.507 e. The second-order valence-corrected chi connectivity index (χ2v) is 7.10. The Morgan fingerprint density at radius 2 is 1.93 bits per heavy atom. The lowest BCUT2D eigenvalue weighted by atomic mass is 10.0. The molecule has 2 N–H and O–H groups in total. The molecule has 2 aliphatic rings. The van der Waals surface area contributed by atoms with Crippen LogP contribution in [0.1, 0.15) is 34.3 Å². The van der Waals surface area contributed by atoms with Crippen molar-refractivity contribution in [1.29, 1.82) is 0 Å². The zero-order chi connectivity index (χ0) is 19.7. The van der Waals surface area contributed by atoms with Crippen LogP contribution in [0.3, 0.4) is 0 Å². The molecule has 0 saturated carbocycles. The predicted octanol–water partition coefficient (Wildman–Crippen LogP) is 2.20. The molecule has 1 saturated heterocycles. The molecule has 28 heavy (non-hydrogen) atoms. The van der Waals surface area contributed by atoms with Crippen molar-refractivity contribution in [2.75, 3.05) is 27.3 Å². The first kappa shape index (κ1) is 18.4. The van der Waals surface area contributed by atoms with E-state index >= 15 is 0 Å². The first-order chi connectivity index (χ1) is 13.6. The number of aromatic hydroxyl groups is 1. The third kappa shape index (κ3) is 3.20. The Labute approximate surface area is 163 Å². The Kier molecular flexibility index (Phi) is 4.96. The van der Waals surface area contributed by atoms with Gasteiger partial charge in [-0.05, 0) is 24.3 Å². The van der Waals surface area contributed by atoms with E-state index in [9.17, 15) is 9.90 Å². The minimum absolute atomic E-state index is 0.172. The summed E-state index contributed by atoms with van der Waals surface area (Å²) in [4.78, 5) is 14.3. The number of hydrogen-bond acceptors (Lipinski definition) is 5. The van der Waals surface area contributed by atoms with Crippen LogP contribution in [0.2, 0.25) is 0 Å². The first-order valence-electron chi connectivity index (χ1n) is 9.46. The number of phenolic OH excluding ortho intramolecular Hbond substituents is 1. The average Bonchev–Trinajstić information content (AvgIpc) is 3.32. The molecule has 0 aromatic heterocycles. The maximum absolute atomic E-state index is 12.9. The Hall–Kier alpha value is -2.99. The van der Waals surface area contributed by atoms with Gasteiger partial charge in [0.05, 0.1) is 38.4 Å². The zero-order valence-electron chi connectivity index (χ0n) is 16.1. The van der Waals surface area contributed by atoms with E-state index < -0.39 is 0 Å². The Balaban J connectivity index is 1.70. The smallest absolute Gasteiger partial charge is 0.231 e. The van der Waals surface area contributed by atoms with Gasteiger partial charge in [-0.2, -0.15) is 0 Å². The van der Waals surface area contributed by atoms with Crippen LogP contribution in [-0.2, 0) is 6.54 Å². The second-order valence-electron chi connectivity index (χ2n) is 7.10. The van der Waals surface area contributed by atoms with Crippen molar-refractivity contribution < 1.29 is 29.0 Å². The van der Waals surface area contributed by atoms with Gasteiger partial charge in [0.2, 0.25) is 5.78 Å². The minimum Gasteiger partial charge on any atom is -0.507 e. The molecule has 0 spiro atoms. The van der Waals surface area contributed by atoms with Crippen LogP contribution in [-0.4, -0.2) is 38.2 Å². The van der Waals surface area contributed by atoms with E-state index in [-0.39, 0.29) is 17.3 Å².